The van der Waals surface area contributed by atoms with Gasteiger partial charge in [0, 0.05) is 25.5 Å². The Labute approximate surface area is 103 Å². The summed E-state index contributed by atoms with van der Waals surface area (Å²) in [4.78, 5) is 17.7. The first kappa shape index (κ1) is 13.6. The van der Waals surface area contributed by atoms with Crippen LogP contribution < -0.4 is 5.32 Å². The summed E-state index contributed by atoms with van der Waals surface area (Å²) in [5.74, 6) is 0.151. The van der Waals surface area contributed by atoms with Gasteiger partial charge in [-0.3, -0.25) is 9.78 Å². The molecule has 4 heteroatoms. The quantitative estimate of drug-likeness (QED) is 0.727. The van der Waals surface area contributed by atoms with Crippen LogP contribution in [-0.4, -0.2) is 35.4 Å². The molecule has 0 unspecified atom stereocenters. The second kappa shape index (κ2) is 7.79. The van der Waals surface area contributed by atoms with E-state index < -0.39 is 0 Å². The minimum absolute atomic E-state index is 0.151. The maximum Gasteiger partial charge on any atom is 0.236 e. The molecule has 1 N–H and O–H groups in total. The van der Waals surface area contributed by atoms with Gasteiger partial charge < -0.3 is 10.2 Å². The molecule has 0 aliphatic heterocycles. The number of nitrogens with zero attached hydrogens (tertiary/aromatic N) is 2. The van der Waals surface area contributed by atoms with E-state index in [4.69, 9.17) is 0 Å². The predicted octanol–water partition coefficient (Wildman–Crippen LogP) is 1.43. The monoisotopic (exact) mass is 235 g/mol. The van der Waals surface area contributed by atoms with Gasteiger partial charge >= 0.3 is 0 Å². The first-order valence-corrected chi connectivity index (χ1v) is 6.15. The van der Waals surface area contributed by atoms with Gasteiger partial charge in [0.15, 0.2) is 0 Å². The molecule has 0 fully saturated rings. The van der Waals surface area contributed by atoms with Gasteiger partial charge in [0.25, 0.3) is 0 Å². The summed E-state index contributed by atoms with van der Waals surface area (Å²) < 4.78 is 0. The second-order valence-corrected chi connectivity index (χ2v) is 3.94. The van der Waals surface area contributed by atoms with Gasteiger partial charge in [-0.15, -0.1) is 0 Å². The normalized spacial score (nSPS) is 10.2. The van der Waals surface area contributed by atoms with E-state index in [9.17, 15) is 4.79 Å². The Morgan fingerprint density at radius 3 is 2.65 bits per heavy atom. The molecule has 0 saturated heterocycles. The van der Waals surface area contributed by atoms with Gasteiger partial charge in [0.05, 0.1) is 6.54 Å². The largest absolute Gasteiger partial charge is 0.338 e. The summed E-state index contributed by atoms with van der Waals surface area (Å²) in [5.41, 5.74) is 1.12. The average molecular weight is 235 g/mol. The van der Waals surface area contributed by atoms with Crippen molar-refractivity contribution in [2.75, 3.05) is 19.6 Å². The Bertz CT molecular complexity index is 327. The van der Waals surface area contributed by atoms with Gasteiger partial charge in [0.2, 0.25) is 5.91 Å². The molecule has 1 aromatic heterocycles. The third-order valence-corrected chi connectivity index (χ3v) is 2.56. The molecule has 4 nitrogen and oxygen atoms in total. The van der Waals surface area contributed by atoms with Crippen LogP contribution in [0.3, 0.4) is 0 Å². The Morgan fingerprint density at radius 2 is 2.06 bits per heavy atom. The summed E-state index contributed by atoms with van der Waals surface area (Å²) in [5, 5.41) is 3.13. The van der Waals surface area contributed by atoms with Crippen LogP contribution in [0.1, 0.15) is 25.8 Å². The molecule has 1 aromatic rings. The molecule has 17 heavy (non-hydrogen) atoms. The number of likely N-dealkylation sites (N-methyl/N-ethyl adjacent to an activating group) is 1. The predicted molar refractivity (Wildman–Crippen MR) is 68.5 cm³/mol. The fraction of sp³-hybridized carbons (Fsp3) is 0.538. The van der Waals surface area contributed by atoms with E-state index in [1.807, 2.05) is 24.0 Å². The summed E-state index contributed by atoms with van der Waals surface area (Å²) in [7, 11) is 0. The molecular weight excluding hydrogens is 214 g/mol. The molecule has 1 heterocycles. The third kappa shape index (κ3) is 4.95. The van der Waals surface area contributed by atoms with E-state index >= 15 is 0 Å². The topological polar surface area (TPSA) is 45.2 Å². The Balaban J connectivity index is 2.45. The minimum Gasteiger partial charge on any atom is -0.338 e. The lowest BCUT2D eigenvalue weighted by Gasteiger charge is -2.21. The van der Waals surface area contributed by atoms with E-state index in [1.54, 1.807) is 12.4 Å². The van der Waals surface area contributed by atoms with E-state index in [0.717, 1.165) is 25.1 Å². The molecule has 0 radical (unpaired) electrons. The van der Waals surface area contributed by atoms with Crippen LogP contribution in [0, 0.1) is 0 Å². The number of amides is 1. The highest BCUT2D eigenvalue weighted by Crippen LogP contribution is 2.02. The molecule has 1 amide bonds. The fourth-order valence-electron chi connectivity index (χ4n) is 1.57. The SMILES string of the molecule is CCCNCC(=O)N(CC)Cc1ccncc1. The summed E-state index contributed by atoms with van der Waals surface area (Å²) in [6, 6.07) is 3.88. The fourth-order valence-corrected chi connectivity index (χ4v) is 1.57. The molecule has 0 bridgehead atoms. The van der Waals surface area contributed by atoms with Crippen LogP contribution >= 0.6 is 0 Å². The van der Waals surface area contributed by atoms with Crippen molar-refractivity contribution in [3.63, 3.8) is 0 Å². The first-order chi connectivity index (χ1) is 8.27. The lowest BCUT2D eigenvalue weighted by molar-refractivity contribution is -0.130. The molecule has 94 valence electrons. The zero-order chi connectivity index (χ0) is 12.5. The van der Waals surface area contributed by atoms with Crippen molar-refractivity contribution in [2.24, 2.45) is 0 Å². The van der Waals surface area contributed by atoms with Crippen LogP contribution in [-0.2, 0) is 11.3 Å². The van der Waals surface area contributed by atoms with E-state index in [2.05, 4.69) is 17.2 Å². The Morgan fingerprint density at radius 1 is 1.35 bits per heavy atom. The number of aromatic nitrogens is 1. The highest BCUT2D eigenvalue weighted by atomic mass is 16.2. The molecule has 0 atom stereocenters. The number of hydrogen-bond acceptors (Lipinski definition) is 3. The van der Waals surface area contributed by atoms with Crippen LogP contribution in [0.25, 0.3) is 0 Å². The lowest BCUT2D eigenvalue weighted by Crippen LogP contribution is -2.37. The Kier molecular flexibility index (Phi) is 6.25. The number of nitrogens with one attached hydrogen (secondary N) is 1. The summed E-state index contributed by atoms with van der Waals surface area (Å²) in [6.07, 6.45) is 4.55. The van der Waals surface area contributed by atoms with Crippen molar-refractivity contribution >= 4 is 5.91 Å². The number of carbonyl (C=O) groups is 1. The first-order valence-electron chi connectivity index (χ1n) is 6.15. The van der Waals surface area contributed by atoms with Crippen LogP contribution in [0.4, 0.5) is 0 Å². The second-order valence-electron chi connectivity index (χ2n) is 3.94. The van der Waals surface area contributed by atoms with E-state index in [-0.39, 0.29) is 5.91 Å². The Hall–Kier alpha value is -1.42. The van der Waals surface area contributed by atoms with Crippen LogP contribution in [0.15, 0.2) is 24.5 Å². The summed E-state index contributed by atoms with van der Waals surface area (Å²) >= 11 is 0. The van der Waals surface area contributed by atoms with E-state index in [0.29, 0.717) is 13.1 Å². The van der Waals surface area contributed by atoms with Crippen molar-refractivity contribution in [1.82, 2.24) is 15.2 Å². The van der Waals surface area contributed by atoms with Crippen molar-refractivity contribution in [3.8, 4) is 0 Å². The highest BCUT2D eigenvalue weighted by molar-refractivity contribution is 5.78. The zero-order valence-electron chi connectivity index (χ0n) is 10.6. The van der Waals surface area contributed by atoms with Crippen LogP contribution in [0.5, 0.6) is 0 Å². The molecule has 0 aliphatic carbocycles. The lowest BCUT2D eigenvalue weighted by atomic mass is 10.2. The molecule has 0 aliphatic rings. The number of rotatable bonds is 7. The third-order valence-electron chi connectivity index (χ3n) is 2.56. The van der Waals surface area contributed by atoms with Crippen molar-refractivity contribution in [2.45, 2.75) is 26.8 Å². The number of carbonyl (C=O) groups excluding carboxylic acids is 1. The smallest absolute Gasteiger partial charge is 0.236 e. The molecular formula is C13H21N3O. The van der Waals surface area contributed by atoms with Gasteiger partial charge in [-0.1, -0.05) is 6.92 Å². The van der Waals surface area contributed by atoms with E-state index in [1.165, 1.54) is 0 Å². The minimum atomic E-state index is 0.151. The molecule has 0 aromatic carbocycles. The summed E-state index contributed by atoms with van der Waals surface area (Å²) in [6.45, 7) is 6.79. The van der Waals surface area contributed by atoms with Crippen LogP contribution in [0.2, 0.25) is 0 Å². The molecule has 0 spiro atoms. The van der Waals surface area contributed by atoms with Gasteiger partial charge in [-0.25, -0.2) is 0 Å². The average Bonchev–Trinajstić information content (AvgIpc) is 2.37. The number of pyridine rings is 1. The maximum absolute atomic E-state index is 11.9. The molecule has 0 saturated carbocycles. The maximum atomic E-state index is 11.9. The van der Waals surface area contributed by atoms with Crippen molar-refractivity contribution in [3.05, 3.63) is 30.1 Å². The standard InChI is InChI=1S/C13H21N3O/c1-3-7-15-10-13(17)16(4-2)11-12-5-8-14-9-6-12/h5-6,8-9,15H,3-4,7,10-11H2,1-2H3. The van der Waals surface area contributed by atoms with Gasteiger partial charge in [-0.05, 0) is 37.6 Å². The van der Waals surface area contributed by atoms with Gasteiger partial charge in [0.1, 0.15) is 0 Å². The number of hydrogen-bond donors (Lipinski definition) is 1. The van der Waals surface area contributed by atoms with Crippen molar-refractivity contribution < 1.29 is 4.79 Å². The highest BCUT2D eigenvalue weighted by Gasteiger charge is 2.10. The zero-order valence-corrected chi connectivity index (χ0v) is 10.6. The molecule has 1 rings (SSSR count). The van der Waals surface area contributed by atoms with Crippen molar-refractivity contribution in [1.29, 1.82) is 0 Å². The van der Waals surface area contributed by atoms with Gasteiger partial charge in [-0.2, -0.15) is 0 Å².